The second kappa shape index (κ2) is 4.15. The van der Waals surface area contributed by atoms with Gasteiger partial charge in [-0.3, -0.25) is 4.79 Å². The van der Waals surface area contributed by atoms with Gasteiger partial charge in [0.1, 0.15) is 5.75 Å². The monoisotopic (exact) mass is 236 g/mol. The maximum Gasteiger partial charge on any atom is 0.231 e. The van der Waals surface area contributed by atoms with Crippen LogP contribution in [0.25, 0.3) is 6.08 Å². The van der Waals surface area contributed by atoms with Gasteiger partial charge in [0, 0.05) is 0 Å². The van der Waals surface area contributed by atoms with E-state index < -0.39 is 0 Å². The summed E-state index contributed by atoms with van der Waals surface area (Å²) in [4.78, 5) is 12.1. The summed E-state index contributed by atoms with van der Waals surface area (Å²) in [6.45, 7) is 2.01. The Hall–Kier alpha value is -2.35. The average Bonchev–Trinajstić information content (AvgIpc) is 2.70. The summed E-state index contributed by atoms with van der Waals surface area (Å²) in [5.74, 6) is 0.988. The van der Waals surface area contributed by atoms with Crippen LogP contribution in [0, 0.1) is 6.92 Å². The highest BCUT2D eigenvalue weighted by Gasteiger charge is 2.26. The molecule has 0 N–H and O–H groups in total. The lowest BCUT2D eigenvalue weighted by molar-refractivity contribution is 0.101. The van der Waals surface area contributed by atoms with Crippen LogP contribution in [0.3, 0.4) is 0 Å². The van der Waals surface area contributed by atoms with Gasteiger partial charge < -0.3 is 4.74 Å². The standard InChI is InChI=1S/C16H12O2/c1-11-6-2-3-7-12(11)10-15-16(17)13-8-4-5-9-14(13)18-15/h2-10H,1H3. The van der Waals surface area contributed by atoms with Crippen molar-refractivity contribution in [1.29, 1.82) is 0 Å². The van der Waals surface area contributed by atoms with Gasteiger partial charge >= 0.3 is 0 Å². The van der Waals surface area contributed by atoms with Gasteiger partial charge in [0.05, 0.1) is 5.56 Å². The van der Waals surface area contributed by atoms with Crippen LogP contribution < -0.4 is 4.74 Å². The minimum absolute atomic E-state index is 0.0474. The molecule has 2 nitrogen and oxygen atoms in total. The third kappa shape index (κ3) is 1.72. The van der Waals surface area contributed by atoms with Crippen LogP contribution in [0.1, 0.15) is 21.5 Å². The highest BCUT2D eigenvalue weighted by Crippen LogP contribution is 2.31. The van der Waals surface area contributed by atoms with E-state index in [-0.39, 0.29) is 5.78 Å². The second-order valence-electron chi connectivity index (χ2n) is 4.29. The fourth-order valence-corrected chi connectivity index (χ4v) is 2.03. The van der Waals surface area contributed by atoms with Crippen LogP contribution in [0.2, 0.25) is 0 Å². The van der Waals surface area contributed by atoms with Gasteiger partial charge in [-0.25, -0.2) is 0 Å². The number of carbonyl (C=O) groups is 1. The number of allylic oxidation sites excluding steroid dienone is 1. The van der Waals surface area contributed by atoms with Crippen LogP contribution in [-0.4, -0.2) is 5.78 Å². The van der Waals surface area contributed by atoms with E-state index in [1.54, 1.807) is 12.1 Å². The molecule has 18 heavy (non-hydrogen) atoms. The molecule has 2 aromatic carbocycles. The van der Waals surface area contributed by atoms with E-state index in [0.717, 1.165) is 11.1 Å². The second-order valence-corrected chi connectivity index (χ2v) is 4.29. The quantitative estimate of drug-likeness (QED) is 0.707. The van der Waals surface area contributed by atoms with E-state index >= 15 is 0 Å². The molecular formula is C16H12O2. The van der Waals surface area contributed by atoms with E-state index in [0.29, 0.717) is 17.1 Å². The molecular weight excluding hydrogens is 224 g/mol. The molecule has 0 aliphatic carbocycles. The Morgan fingerprint density at radius 2 is 1.72 bits per heavy atom. The van der Waals surface area contributed by atoms with Crippen molar-refractivity contribution in [2.45, 2.75) is 6.92 Å². The minimum atomic E-state index is -0.0474. The highest BCUT2D eigenvalue weighted by atomic mass is 16.5. The number of benzene rings is 2. The maximum atomic E-state index is 12.1. The predicted octanol–water partition coefficient (Wildman–Crippen LogP) is 3.61. The van der Waals surface area contributed by atoms with Gasteiger partial charge in [-0.1, -0.05) is 36.4 Å². The van der Waals surface area contributed by atoms with Crippen molar-refractivity contribution in [3.63, 3.8) is 0 Å². The van der Waals surface area contributed by atoms with Gasteiger partial charge in [-0.2, -0.15) is 0 Å². The van der Waals surface area contributed by atoms with Crippen LogP contribution in [0.5, 0.6) is 5.75 Å². The summed E-state index contributed by atoms with van der Waals surface area (Å²) >= 11 is 0. The molecule has 0 spiro atoms. The summed E-state index contributed by atoms with van der Waals surface area (Å²) in [6, 6.07) is 15.2. The molecule has 88 valence electrons. The van der Waals surface area contributed by atoms with Crippen molar-refractivity contribution in [1.82, 2.24) is 0 Å². The van der Waals surface area contributed by atoms with Crippen LogP contribution in [0.4, 0.5) is 0 Å². The first-order valence-corrected chi connectivity index (χ1v) is 5.84. The van der Waals surface area contributed by atoms with Crippen molar-refractivity contribution in [3.8, 4) is 5.75 Å². The Balaban J connectivity index is 2.02. The molecule has 1 aliphatic heterocycles. The average molecular weight is 236 g/mol. The summed E-state index contributed by atoms with van der Waals surface area (Å²) in [7, 11) is 0. The number of carbonyl (C=O) groups excluding carboxylic acids is 1. The number of ketones is 1. The van der Waals surface area contributed by atoms with Crippen LogP contribution in [-0.2, 0) is 0 Å². The molecule has 1 aliphatic rings. The van der Waals surface area contributed by atoms with E-state index in [1.165, 1.54) is 0 Å². The molecule has 2 aromatic rings. The summed E-state index contributed by atoms with van der Waals surface area (Å²) in [5.41, 5.74) is 2.77. The van der Waals surface area contributed by atoms with Crippen molar-refractivity contribution < 1.29 is 9.53 Å². The number of Topliss-reactive ketones (excluding diaryl/α,β-unsaturated/α-hetero) is 1. The third-order valence-electron chi connectivity index (χ3n) is 3.05. The Labute approximate surface area is 106 Å². The molecule has 0 saturated carbocycles. The van der Waals surface area contributed by atoms with E-state index in [4.69, 9.17) is 4.74 Å². The smallest absolute Gasteiger partial charge is 0.231 e. The number of ether oxygens (including phenoxy) is 1. The molecule has 3 rings (SSSR count). The lowest BCUT2D eigenvalue weighted by atomic mass is 10.1. The SMILES string of the molecule is Cc1ccccc1C=C1Oc2ccccc2C1=O. The summed E-state index contributed by atoms with van der Waals surface area (Å²) in [6.07, 6.45) is 1.80. The first-order chi connectivity index (χ1) is 8.75. The molecule has 0 saturated heterocycles. The minimum Gasteiger partial charge on any atom is -0.452 e. The lowest BCUT2D eigenvalue weighted by Gasteiger charge is -2.01. The summed E-state index contributed by atoms with van der Waals surface area (Å²) in [5, 5.41) is 0. The van der Waals surface area contributed by atoms with Gasteiger partial charge in [0.2, 0.25) is 5.78 Å². The fraction of sp³-hybridized carbons (Fsp3) is 0.0625. The third-order valence-corrected chi connectivity index (χ3v) is 3.05. The number of rotatable bonds is 1. The van der Waals surface area contributed by atoms with E-state index in [2.05, 4.69) is 0 Å². The lowest BCUT2D eigenvalue weighted by Crippen LogP contribution is -1.98. The van der Waals surface area contributed by atoms with Gasteiger partial charge in [-0.15, -0.1) is 0 Å². The molecule has 1 heterocycles. The van der Waals surface area contributed by atoms with Crippen molar-refractivity contribution >= 4 is 11.9 Å². The molecule has 0 aromatic heterocycles. The van der Waals surface area contributed by atoms with Crippen LogP contribution >= 0.6 is 0 Å². The fourth-order valence-electron chi connectivity index (χ4n) is 2.03. The first kappa shape index (κ1) is 10.8. The molecule has 0 unspecified atom stereocenters. The van der Waals surface area contributed by atoms with Crippen molar-refractivity contribution in [2.24, 2.45) is 0 Å². The van der Waals surface area contributed by atoms with E-state index in [1.807, 2.05) is 49.4 Å². The van der Waals surface area contributed by atoms with Crippen LogP contribution in [0.15, 0.2) is 54.3 Å². The van der Waals surface area contributed by atoms with Gasteiger partial charge in [0.25, 0.3) is 0 Å². The Morgan fingerprint density at radius 1 is 1.00 bits per heavy atom. The number of aryl methyl sites for hydroxylation is 1. The normalized spacial score (nSPS) is 15.6. The molecule has 0 bridgehead atoms. The Kier molecular flexibility index (Phi) is 2.49. The summed E-state index contributed by atoms with van der Waals surface area (Å²) < 4.78 is 5.59. The molecule has 0 radical (unpaired) electrons. The van der Waals surface area contributed by atoms with Gasteiger partial charge in [0.15, 0.2) is 5.76 Å². The zero-order valence-corrected chi connectivity index (χ0v) is 10.0. The highest BCUT2D eigenvalue weighted by molar-refractivity contribution is 6.14. The Morgan fingerprint density at radius 3 is 2.50 bits per heavy atom. The zero-order valence-electron chi connectivity index (χ0n) is 10.0. The molecule has 0 fully saturated rings. The zero-order chi connectivity index (χ0) is 12.5. The topological polar surface area (TPSA) is 26.3 Å². The molecule has 0 atom stereocenters. The molecule has 2 heteroatoms. The number of para-hydroxylation sites is 1. The van der Waals surface area contributed by atoms with E-state index in [9.17, 15) is 4.79 Å². The van der Waals surface area contributed by atoms with Crippen molar-refractivity contribution in [2.75, 3.05) is 0 Å². The predicted molar refractivity (Wildman–Crippen MR) is 70.6 cm³/mol. The largest absolute Gasteiger partial charge is 0.452 e. The molecule has 0 amide bonds. The Bertz CT molecular complexity index is 654. The maximum absolute atomic E-state index is 12.1. The first-order valence-electron chi connectivity index (χ1n) is 5.84. The number of fused-ring (bicyclic) bond motifs is 1. The van der Waals surface area contributed by atoms with Crippen molar-refractivity contribution in [3.05, 3.63) is 71.0 Å². The van der Waals surface area contributed by atoms with Gasteiger partial charge in [-0.05, 0) is 36.3 Å². The number of hydrogen-bond donors (Lipinski definition) is 0. The number of hydrogen-bond acceptors (Lipinski definition) is 2.